The summed E-state index contributed by atoms with van der Waals surface area (Å²) in [6.45, 7) is 2.07. The van der Waals surface area contributed by atoms with Crippen LogP contribution in [0.25, 0.3) is 0 Å². The van der Waals surface area contributed by atoms with Gasteiger partial charge in [0.05, 0.1) is 11.5 Å². The highest BCUT2D eigenvalue weighted by atomic mass is 79.9. The van der Waals surface area contributed by atoms with Gasteiger partial charge in [-0.25, -0.2) is 0 Å². The molecule has 0 fully saturated rings. The fraction of sp³-hybridized carbons (Fsp3) is 0.158. The van der Waals surface area contributed by atoms with Gasteiger partial charge in [0.1, 0.15) is 0 Å². The van der Waals surface area contributed by atoms with Gasteiger partial charge in [-0.15, -0.1) is 5.10 Å². The number of fused-ring (bicyclic) bond motifs is 1. The van der Waals surface area contributed by atoms with Crippen LogP contribution in [0.15, 0.2) is 64.9 Å². The van der Waals surface area contributed by atoms with Gasteiger partial charge >= 0.3 is 5.16 Å². The van der Waals surface area contributed by atoms with E-state index in [0.717, 1.165) is 28.0 Å². The van der Waals surface area contributed by atoms with E-state index >= 15 is 0 Å². The average molecular weight is 464 g/mol. The normalized spacial score (nSPS) is 12.7. The van der Waals surface area contributed by atoms with Crippen molar-refractivity contribution in [1.82, 2.24) is 9.78 Å². The molecule has 0 amide bonds. The maximum absolute atomic E-state index is 12.5. The number of Topliss-reactive ketones (excluding diaryl/α,β-unsaturated/α-hetero) is 1. The number of benzene rings is 2. The summed E-state index contributed by atoms with van der Waals surface area (Å²) in [7, 11) is 0. The number of carbonyl (C=O) groups excluding carboxylic acids is 1. The number of ketones is 1. The summed E-state index contributed by atoms with van der Waals surface area (Å²) < 4.78 is 3.54. The van der Waals surface area contributed by atoms with E-state index in [0.29, 0.717) is 10.6 Å². The minimum atomic E-state index is -0.00833. The Bertz CT molecular complexity index is 1000. The lowest BCUT2D eigenvalue weighted by molar-refractivity contribution is -0.723. The molecule has 0 saturated carbocycles. The quantitative estimate of drug-likeness (QED) is 0.415. The Morgan fingerprint density at radius 2 is 1.89 bits per heavy atom. The first kappa shape index (κ1) is 19.8. The van der Waals surface area contributed by atoms with E-state index < -0.39 is 0 Å². The van der Waals surface area contributed by atoms with Crippen LogP contribution in [0, 0.1) is 6.92 Å². The number of hydrogen-bond donors (Lipinski definition) is 0. The number of hydrogen-bond acceptors (Lipinski definition) is 4. The Morgan fingerprint density at radius 3 is 2.59 bits per heavy atom. The molecule has 1 aliphatic heterocycles. The number of aromatic nitrogens is 3. The zero-order valence-corrected chi connectivity index (χ0v) is 17.6. The molecule has 0 atom stereocenters. The number of nitrogens with zero attached hydrogens (tertiary/aromatic N) is 4. The van der Waals surface area contributed by atoms with E-state index in [-0.39, 0.29) is 29.3 Å². The molecule has 0 N–H and O–H groups in total. The van der Waals surface area contributed by atoms with Crippen molar-refractivity contribution in [2.45, 2.75) is 18.6 Å². The third-order valence-electron chi connectivity index (χ3n) is 4.10. The second kappa shape index (κ2) is 8.37. The van der Waals surface area contributed by atoms with Crippen LogP contribution in [0.3, 0.4) is 0 Å². The molecule has 0 aliphatic carbocycles. The first-order valence-corrected chi connectivity index (χ1v) is 9.52. The zero-order chi connectivity index (χ0) is 18.1. The van der Waals surface area contributed by atoms with Crippen LogP contribution in [0.5, 0.6) is 0 Å². The van der Waals surface area contributed by atoms with Crippen molar-refractivity contribution in [2.24, 2.45) is 5.10 Å². The third kappa shape index (κ3) is 4.15. The first-order valence-electron chi connectivity index (χ1n) is 8.16. The molecule has 8 heteroatoms. The molecule has 0 spiro atoms. The predicted octanol–water partition coefficient (Wildman–Crippen LogP) is 0.377. The summed E-state index contributed by atoms with van der Waals surface area (Å²) in [6, 6.07) is 17.0. The zero-order valence-electron chi connectivity index (χ0n) is 14.5. The predicted molar refractivity (Wildman–Crippen MR) is 102 cm³/mol. The molecular formula is C19H16BrClN4OS. The van der Waals surface area contributed by atoms with Gasteiger partial charge in [-0.2, -0.15) is 0 Å². The van der Waals surface area contributed by atoms with E-state index in [1.807, 2.05) is 29.8 Å². The number of thioether (sulfide) groups is 1. The number of rotatable bonds is 4. The molecule has 0 radical (unpaired) electrons. The summed E-state index contributed by atoms with van der Waals surface area (Å²) in [6.07, 6.45) is 0. The van der Waals surface area contributed by atoms with Crippen LogP contribution in [0.1, 0.15) is 21.7 Å². The van der Waals surface area contributed by atoms with E-state index in [9.17, 15) is 4.79 Å². The lowest BCUT2D eigenvalue weighted by Gasteiger charge is -2.10. The smallest absolute Gasteiger partial charge is 0.321 e. The first-order chi connectivity index (χ1) is 12.6. The van der Waals surface area contributed by atoms with E-state index in [1.165, 1.54) is 0 Å². The van der Waals surface area contributed by atoms with Gasteiger partial charge in [-0.3, -0.25) is 4.79 Å². The van der Waals surface area contributed by atoms with Crippen molar-refractivity contribution in [3.05, 3.63) is 76.6 Å². The van der Waals surface area contributed by atoms with Crippen molar-refractivity contribution in [3.8, 4) is 0 Å². The Labute approximate surface area is 176 Å². The topological polar surface area (TPSA) is 51.1 Å². The Balaban J connectivity index is 0.00000210. The molecule has 3 aromatic rings. The Hall–Kier alpha value is -1.96. The van der Waals surface area contributed by atoms with Gasteiger partial charge < -0.3 is 17.0 Å². The molecule has 5 nitrogen and oxygen atoms in total. The molecule has 2 heterocycles. The standard InChI is InChI=1S/C19H16ClN4OS.BrH/c1-13-21-23(11-18(25)15-7-9-16(20)10-8-15)19-24(13)22-17(12-26-19)14-5-3-2-4-6-14;/h2-10H,11-12H2,1H3;1H/q+1;/p-1. The number of halogens is 2. The minimum absolute atomic E-state index is 0. The molecule has 4 rings (SSSR count). The summed E-state index contributed by atoms with van der Waals surface area (Å²) >= 11 is 7.53. The van der Waals surface area contributed by atoms with Crippen LogP contribution in [-0.2, 0) is 6.54 Å². The summed E-state index contributed by atoms with van der Waals surface area (Å²) in [5.74, 6) is 1.49. The van der Waals surface area contributed by atoms with Crippen LogP contribution >= 0.6 is 23.4 Å². The van der Waals surface area contributed by atoms with Gasteiger partial charge in [0.15, 0.2) is 12.3 Å². The molecule has 0 unspecified atom stereocenters. The molecular weight excluding hydrogens is 448 g/mol. The Kier molecular flexibility index (Phi) is 6.14. The largest absolute Gasteiger partial charge is 1.00 e. The van der Waals surface area contributed by atoms with Crippen molar-refractivity contribution < 1.29 is 26.5 Å². The van der Waals surface area contributed by atoms with E-state index in [2.05, 4.69) is 17.2 Å². The number of carbonyl (C=O) groups is 1. The SMILES string of the molecule is Cc1nn(CC(=O)c2ccc(Cl)cc2)c2[n+]1N=C(c1ccccc1)CS2.[Br-]. The highest BCUT2D eigenvalue weighted by molar-refractivity contribution is 7.99. The van der Waals surface area contributed by atoms with Crippen LogP contribution in [0.2, 0.25) is 5.02 Å². The van der Waals surface area contributed by atoms with Crippen LogP contribution < -0.4 is 21.7 Å². The summed E-state index contributed by atoms with van der Waals surface area (Å²) in [5, 5.41) is 10.7. The monoisotopic (exact) mass is 462 g/mol. The summed E-state index contributed by atoms with van der Waals surface area (Å²) in [4.78, 5) is 12.5. The van der Waals surface area contributed by atoms with Gasteiger partial charge in [0.25, 0.3) is 5.82 Å². The van der Waals surface area contributed by atoms with E-state index in [1.54, 1.807) is 40.7 Å². The lowest BCUT2D eigenvalue weighted by Crippen LogP contribution is -3.00. The van der Waals surface area contributed by atoms with Crippen LogP contribution in [-0.4, -0.2) is 27.0 Å². The van der Waals surface area contributed by atoms with Gasteiger partial charge in [0, 0.05) is 22.6 Å². The minimum Gasteiger partial charge on any atom is -1.00 e. The second-order valence-electron chi connectivity index (χ2n) is 5.93. The van der Waals surface area contributed by atoms with Gasteiger partial charge in [-0.1, -0.05) is 51.3 Å². The maximum atomic E-state index is 12.5. The number of aryl methyl sites for hydroxylation is 1. The van der Waals surface area contributed by atoms with Crippen molar-refractivity contribution >= 4 is 34.9 Å². The van der Waals surface area contributed by atoms with Crippen molar-refractivity contribution in [3.63, 3.8) is 0 Å². The molecule has 1 aliphatic rings. The van der Waals surface area contributed by atoms with Crippen molar-refractivity contribution in [1.29, 1.82) is 0 Å². The Morgan fingerprint density at radius 1 is 1.19 bits per heavy atom. The van der Waals surface area contributed by atoms with Gasteiger partial charge in [-0.05, 0) is 41.6 Å². The second-order valence-corrected chi connectivity index (χ2v) is 7.31. The van der Waals surface area contributed by atoms with Gasteiger partial charge in [0.2, 0.25) is 0 Å². The highest BCUT2D eigenvalue weighted by Crippen LogP contribution is 2.21. The summed E-state index contributed by atoms with van der Waals surface area (Å²) in [5.41, 5.74) is 2.72. The fourth-order valence-corrected chi connectivity index (χ4v) is 3.94. The molecule has 0 bridgehead atoms. The lowest BCUT2D eigenvalue weighted by atomic mass is 10.1. The average Bonchev–Trinajstić information content (AvgIpc) is 2.98. The molecule has 2 aromatic carbocycles. The molecule has 138 valence electrons. The van der Waals surface area contributed by atoms with E-state index in [4.69, 9.17) is 16.7 Å². The molecule has 27 heavy (non-hydrogen) atoms. The molecule has 1 aromatic heterocycles. The van der Waals surface area contributed by atoms with Crippen LogP contribution in [0.4, 0.5) is 0 Å². The highest BCUT2D eigenvalue weighted by Gasteiger charge is 2.30. The fourth-order valence-electron chi connectivity index (χ4n) is 2.78. The maximum Gasteiger partial charge on any atom is 0.321 e. The third-order valence-corrected chi connectivity index (χ3v) is 5.41. The molecule has 0 saturated heterocycles. The van der Waals surface area contributed by atoms with Crippen molar-refractivity contribution in [2.75, 3.05) is 5.75 Å².